The lowest BCUT2D eigenvalue weighted by Crippen LogP contribution is -2.35. The molecule has 0 aliphatic rings. The average Bonchev–Trinajstić information content (AvgIpc) is 2.75. The zero-order valence-corrected chi connectivity index (χ0v) is 15.9. The van der Waals surface area contributed by atoms with E-state index in [1.54, 1.807) is 48.5 Å². The molecule has 0 aromatic heterocycles. The molecule has 0 heterocycles. The van der Waals surface area contributed by atoms with Gasteiger partial charge in [0.2, 0.25) is 5.91 Å². The van der Waals surface area contributed by atoms with Gasteiger partial charge in [0.25, 0.3) is 5.91 Å². The van der Waals surface area contributed by atoms with Gasteiger partial charge in [0.15, 0.2) is 17.5 Å². The molecule has 0 saturated carbocycles. The summed E-state index contributed by atoms with van der Waals surface area (Å²) in [5, 5.41) is 2.12. The lowest BCUT2D eigenvalue weighted by molar-refractivity contribution is -0.116. The highest BCUT2D eigenvalue weighted by atomic mass is 19.2. The van der Waals surface area contributed by atoms with Crippen LogP contribution >= 0.6 is 0 Å². The Kier molecular flexibility index (Phi) is 6.36. The number of nitrogens with zero attached hydrogens (tertiary/aromatic N) is 1. The highest BCUT2D eigenvalue weighted by Crippen LogP contribution is 2.26. The summed E-state index contributed by atoms with van der Waals surface area (Å²) in [5.74, 6) is -5.03. The molecule has 0 fully saturated rings. The van der Waals surface area contributed by atoms with Gasteiger partial charge in [-0.25, -0.2) is 13.2 Å². The van der Waals surface area contributed by atoms with Gasteiger partial charge in [0, 0.05) is 7.05 Å². The van der Waals surface area contributed by atoms with Gasteiger partial charge in [-0.15, -0.1) is 0 Å². The highest BCUT2D eigenvalue weighted by Gasteiger charge is 2.21. The Bertz CT molecular complexity index is 1070. The van der Waals surface area contributed by atoms with Gasteiger partial charge in [0.05, 0.1) is 17.8 Å². The first-order chi connectivity index (χ1) is 14.4. The van der Waals surface area contributed by atoms with E-state index in [1.165, 1.54) is 7.05 Å². The predicted octanol–water partition coefficient (Wildman–Crippen LogP) is 4.61. The summed E-state index contributed by atoms with van der Waals surface area (Å²) < 4.78 is 45.8. The van der Waals surface area contributed by atoms with Crippen molar-refractivity contribution in [2.24, 2.45) is 0 Å². The molecule has 0 aliphatic carbocycles. The third-order valence-electron chi connectivity index (χ3n) is 4.13. The van der Waals surface area contributed by atoms with Crippen molar-refractivity contribution >= 4 is 17.5 Å². The van der Waals surface area contributed by atoms with Crippen molar-refractivity contribution in [3.05, 3.63) is 89.7 Å². The maximum Gasteiger partial charge on any atom is 0.257 e. The van der Waals surface area contributed by atoms with Crippen LogP contribution in [-0.2, 0) is 4.79 Å². The zero-order valence-electron chi connectivity index (χ0n) is 15.9. The van der Waals surface area contributed by atoms with E-state index in [4.69, 9.17) is 4.74 Å². The molecule has 0 saturated heterocycles. The Hall–Kier alpha value is -3.81. The van der Waals surface area contributed by atoms with Crippen LogP contribution in [0.1, 0.15) is 10.4 Å². The van der Waals surface area contributed by atoms with E-state index in [-0.39, 0.29) is 5.56 Å². The van der Waals surface area contributed by atoms with Crippen LogP contribution in [0.4, 0.5) is 18.9 Å². The first-order valence-electron chi connectivity index (χ1n) is 8.87. The van der Waals surface area contributed by atoms with Gasteiger partial charge in [-0.05, 0) is 36.4 Å². The monoisotopic (exact) mass is 414 g/mol. The number of para-hydroxylation sites is 2. The van der Waals surface area contributed by atoms with Crippen molar-refractivity contribution in [3.8, 4) is 11.5 Å². The number of likely N-dealkylation sites (N-methyl/N-ethyl adjacent to an activating group) is 1. The molecule has 3 aromatic carbocycles. The van der Waals surface area contributed by atoms with Crippen LogP contribution in [0.2, 0.25) is 0 Å². The van der Waals surface area contributed by atoms with Crippen LogP contribution in [0.5, 0.6) is 11.5 Å². The fraction of sp³-hybridized carbons (Fsp3) is 0.0909. The quantitative estimate of drug-likeness (QED) is 0.600. The van der Waals surface area contributed by atoms with Gasteiger partial charge in [-0.1, -0.05) is 30.3 Å². The lowest BCUT2D eigenvalue weighted by Gasteiger charge is -2.19. The van der Waals surface area contributed by atoms with Crippen molar-refractivity contribution < 1.29 is 27.5 Å². The maximum absolute atomic E-state index is 13.7. The van der Waals surface area contributed by atoms with Crippen LogP contribution in [-0.4, -0.2) is 30.3 Å². The summed E-state index contributed by atoms with van der Waals surface area (Å²) in [6.07, 6.45) is 0. The van der Waals surface area contributed by atoms with Crippen molar-refractivity contribution in [2.75, 3.05) is 18.9 Å². The fourth-order valence-electron chi connectivity index (χ4n) is 2.65. The number of hydrogen-bond donors (Lipinski definition) is 1. The largest absolute Gasteiger partial charge is 0.457 e. The minimum atomic E-state index is -1.69. The van der Waals surface area contributed by atoms with E-state index in [9.17, 15) is 22.8 Å². The smallest absolute Gasteiger partial charge is 0.257 e. The van der Waals surface area contributed by atoms with Crippen LogP contribution in [0, 0.1) is 17.5 Å². The molecular weight excluding hydrogens is 397 g/mol. The standard InChI is InChI=1S/C22H17F3N2O3/c1-27(13-19(28)26-17-12-11-16(23)20(24)21(17)25)22(29)15-9-5-6-10-18(15)30-14-7-3-2-4-8-14/h2-12H,13H2,1H3,(H,26,28). The van der Waals surface area contributed by atoms with Crippen molar-refractivity contribution in [2.45, 2.75) is 0 Å². The van der Waals surface area contributed by atoms with Crippen LogP contribution in [0.3, 0.4) is 0 Å². The number of anilines is 1. The minimum absolute atomic E-state index is 0.218. The van der Waals surface area contributed by atoms with Crippen molar-refractivity contribution in [3.63, 3.8) is 0 Å². The SMILES string of the molecule is CN(CC(=O)Nc1ccc(F)c(F)c1F)C(=O)c1ccccc1Oc1ccccc1. The van der Waals surface area contributed by atoms with E-state index in [0.29, 0.717) is 17.6 Å². The number of carbonyl (C=O) groups excluding carboxylic acids is 2. The number of ether oxygens (including phenoxy) is 1. The normalized spacial score (nSPS) is 10.4. The Balaban J connectivity index is 1.70. The summed E-state index contributed by atoms with van der Waals surface area (Å²) in [6, 6.07) is 17.0. The number of benzene rings is 3. The Morgan fingerprint density at radius 2 is 1.57 bits per heavy atom. The molecule has 0 radical (unpaired) electrons. The molecular formula is C22H17F3N2O3. The highest BCUT2D eigenvalue weighted by molar-refractivity contribution is 6.00. The summed E-state index contributed by atoms with van der Waals surface area (Å²) in [6.45, 7) is -0.447. The van der Waals surface area contributed by atoms with Crippen molar-refractivity contribution in [1.82, 2.24) is 4.90 Å². The summed E-state index contributed by atoms with van der Waals surface area (Å²) in [4.78, 5) is 26.1. The third kappa shape index (κ3) is 4.78. The lowest BCUT2D eigenvalue weighted by atomic mass is 10.1. The Morgan fingerprint density at radius 1 is 0.900 bits per heavy atom. The number of halogens is 3. The zero-order chi connectivity index (χ0) is 21.7. The van der Waals surface area contributed by atoms with Crippen LogP contribution < -0.4 is 10.1 Å². The number of rotatable bonds is 6. The van der Waals surface area contributed by atoms with Gasteiger partial charge >= 0.3 is 0 Å². The first-order valence-corrected chi connectivity index (χ1v) is 8.87. The van der Waals surface area contributed by atoms with Gasteiger partial charge in [-0.3, -0.25) is 9.59 Å². The molecule has 8 heteroatoms. The van der Waals surface area contributed by atoms with Gasteiger partial charge < -0.3 is 15.0 Å². The van der Waals surface area contributed by atoms with Gasteiger partial charge in [0.1, 0.15) is 11.5 Å². The molecule has 154 valence electrons. The molecule has 5 nitrogen and oxygen atoms in total. The topological polar surface area (TPSA) is 58.6 Å². The van der Waals surface area contributed by atoms with E-state index < -0.39 is 41.5 Å². The molecule has 0 unspecified atom stereocenters. The number of amides is 2. The van der Waals surface area contributed by atoms with Crippen LogP contribution in [0.15, 0.2) is 66.7 Å². The number of nitrogens with one attached hydrogen (secondary N) is 1. The molecule has 0 aliphatic heterocycles. The molecule has 30 heavy (non-hydrogen) atoms. The molecule has 3 aromatic rings. The number of hydrogen-bond acceptors (Lipinski definition) is 3. The van der Waals surface area contributed by atoms with E-state index in [0.717, 1.165) is 11.0 Å². The summed E-state index contributed by atoms with van der Waals surface area (Å²) in [7, 11) is 1.38. The van der Waals surface area contributed by atoms with Crippen LogP contribution in [0.25, 0.3) is 0 Å². The van der Waals surface area contributed by atoms with E-state index in [2.05, 4.69) is 5.32 Å². The Morgan fingerprint density at radius 3 is 2.30 bits per heavy atom. The van der Waals surface area contributed by atoms with E-state index in [1.807, 2.05) is 6.07 Å². The van der Waals surface area contributed by atoms with E-state index >= 15 is 0 Å². The molecule has 3 rings (SSSR count). The second-order valence-electron chi connectivity index (χ2n) is 6.34. The molecule has 1 N–H and O–H groups in total. The summed E-state index contributed by atoms with van der Waals surface area (Å²) >= 11 is 0. The molecule has 2 amide bonds. The summed E-state index contributed by atoms with van der Waals surface area (Å²) in [5.41, 5.74) is -0.303. The molecule has 0 atom stereocenters. The first kappa shape index (κ1) is 20.9. The molecule has 0 spiro atoms. The van der Waals surface area contributed by atoms with Crippen molar-refractivity contribution in [1.29, 1.82) is 0 Å². The molecule has 0 bridgehead atoms. The predicted molar refractivity (Wildman–Crippen MR) is 105 cm³/mol. The average molecular weight is 414 g/mol. The Labute approximate surface area is 170 Å². The third-order valence-corrected chi connectivity index (χ3v) is 4.13. The number of carbonyl (C=O) groups is 2. The maximum atomic E-state index is 13.7. The fourth-order valence-corrected chi connectivity index (χ4v) is 2.65. The minimum Gasteiger partial charge on any atom is -0.457 e. The second-order valence-corrected chi connectivity index (χ2v) is 6.34. The van der Waals surface area contributed by atoms with Gasteiger partial charge in [-0.2, -0.15) is 0 Å². The second kappa shape index (κ2) is 9.13.